The molecule has 36 heavy (non-hydrogen) atoms. The van der Waals surface area contributed by atoms with Crippen LogP contribution in [0.3, 0.4) is 0 Å². The second kappa shape index (κ2) is 11.6. The molecule has 0 aromatic heterocycles. The molecule has 0 bridgehead atoms. The molecule has 188 valence electrons. The van der Waals surface area contributed by atoms with Crippen molar-refractivity contribution in [3.8, 4) is 11.5 Å². The molecule has 4 rings (SSSR count). The van der Waals surface area contributed by atoms with Crippen molar-refractivity contribution in [2.45, 2.75) is 32.0 Å². The van der Waals surface area contributed by atoms with Crippen molar-refractivity contribution < 1.29 is 23.5 Å². The van der Waals surface area contributed by atoms with Gasteiger partial charge in [0.05, 0.1) is 14.2 Å². The summed E-state index contributed by atoms with van der Waals surface area (Å²) in [5, 5.41) is 5.79. The molecule has 1 aliphatic heterocycles. The third kappa shape index (κ3) is 6.13. The summed E-state index contributed by atoms with van der Waals surface area (Å²) in [7, 11) is 3.18. The molecule has 0 spiro atoms. The molecule has 3 aromatic carbocycles. The highest BCUT2D eigenvalue weighted by molar-refractivity contribution is 5.87. The Balaban J connectivity index is 1.45. The molecular formula is C28H30FN3O4. The van der Waals surface area contributed by atoms with E-state index in [2.05, 4.69) is 10.6 Å². The minimum absolute atomic E-state index is 0.235. The number of urea groups is 1. The third-order valence-corrected chi connectivity index (χ3v) is 6.28. The Labute approximate surface area is 210 Å². The first-order valence-electron chi connectivity index (χ1n) is 11.8. The van der Waals surface area contributed by atoms with Gasteiger partial charge in [-0.3, -0.25) is 4.79 Å². The van der Waals surface area contributed by atoms with Crippen LogP contribution >= 0.6 is 0 Å². The minimum atomic E-state index is -0.771. The van der Waals surface area contributed by atoms with Crippen molar-refractivity contribution in [3.05, 3.63) is 94.8 Å². The lowest BCUT2D eigenvalue weighted by Gasteiger charge is -2.31. The van der Waals surface area contributed by atoms with Crippen LogP contribution in [-0.4, -0.2) is 43.6 Å². The van der Waals surface area contributed by atoms with E-state index in [1.807, 2.05) is 42.5 Å². The van der Waals surface area contributed by atoms with Gasteiger partial charge in [0, 0.05) is 26.1 Å². The Kier molecular flexibility index (Phi) is 8.05. The first-order chi connectivity index (χ1) is 17.5. The van der Waals surface area contributed by atoms with Gasteiger partial charge in [-0.2, -0.15) is 0 Å². The van der Waals surface area contributed by atoms with Gasteiger partial charge in [0.2, 0.25) is 5.91 Å². The van der Waals surface area contributed by atoms with Crippen LogP contribution < -0.4 is 20.1 Å². The van der Waals surface area contributed by atoms with Crippen molar-refractivity contribution >= 4 is 11.9 Å². The van der Waals surface area contributed by atoms with E-state index < -0.39 is 6.04 Å². The highest BCUT2D eigenvalue weighted by atomic mass is 19.1. The summed E-state index contributed by atoms with van der Waals surface area (Å²) in [4.78, 5) is 28.0. The number of carbonyl (C=O) groups is 2. The van der Waals surface area contributed by atoms with Crippen LogP contribution in [0.2, 0.25) is 0 Å². The molecule has 0 fully saturated rings. The lowest BCUT2D eigenvalue weighted by Crippen LogP contribution is -2.52. The number of amides is 3. The molecule has 0 radical (unpaired) electrons. The van der Waals surface area contributed by atoms with E-state index in [4.69, 9.17) is 9.47 Å². The van der Waals surface area contributed by atoms with Crippen LogP contribution in [0.1, 0.15) is 22.3 Å². The predicted octanol–water partition coefficient (Wildman–Crippen LogP) is 3.84. The lowest BCUT2D eigenvalue weighted by molar-refractivity contribution is -0.123. The molecule has 2 N–H and O–H groups in total. The zero-order chi connectivity index (χ0) is 25.5. The third-order valence-electron chi connectivity index (χ3n) is 6.28. The smallest absolute Gasteiger partial charge is 0.318 e. The molecular weight excluding hydrogens is 461 g/mol. The van der Waals surface area contributed by atoms with E-state index in [-0.39, 0.29) is 24.3 Å². The molecule has 1 aliphatic rings. The molecule has 0 aliphatic carbocycles. The van der Waals surface area contributed by atoms with E-state index in [1.165, 1.54) is 12.1 Å². The molecule has 3 aromatic rings. The number of halogens is 1. The molecule has 1 heterocycles. The maximum Gasteiger partial charge on any atom is 0.318 e. The molecule has 3 amide bonds. The second-order valence-corrected chi connectivity index (χ2v) is 8.68. The van der Waals surface area contributed by atoms with E-state index in [9.17, 15) is 14.0 Å². The maximum atomic E-state index is 13.2. The summed E-state index contributed by atoms with van der Waals surface area (Å²) in [6.07, 6.45) is 1.01. The summed E-state index contributed by atoms with van der Waals surface area (Å²) >= 11 is 0. The number of nitrogens with one attached hydrogen (secondary N) is 2. The first-order valence-corrected chi connectivity index (χ1v) is 11.8. The van der Waals surface area contributed by atoms with Gasteiger partial charge >= 0.3 is 6.03 Å². The van der Waals surface area contributed by atoms with Crippen LogP contribution in [0.5, 0.6) is 11.5 Å². The topological polar surface area (TPSA) is 79.9 Å². The summed E-state index contributed by atoms with van der Waals surface area (Å²) in [6.45, 7) is 1.15. The van der Waals surface area contributed by atoms with Crippen molar-refractivity contribution in [2.24, 2.45) is 0 Å². The highest BCUT2D eigenvalue weighted by Gasteiger charge is 2.27. The minimum Gasteiger partial charge on any atom is -0.493 e. The first kappa shape index (κ1) is 25.0. The van der Waals surface area contributed by atoms with E-state index in [1.54, 1.807) is 31.3 Å². The molecule has 8 heteroatoms. The normalized spacial score (nSPS) is 13.4. The van der Waals surface area contributed by atoms with E-state index >= 15 is 0 Å². The SMILES string of the molecule is COc1cc2c(cc1OC)CN(C(=O)N[C@@H](Cc1ccccc1)C(=O)NCc1ccc(F)cc1)CC2. The standard InChI is InChI=1S/C28H30FN3O4/c1-35-25-15-21-12-13-32(18-22(21)16-26(25)36-2)28(34)31-24(14-19-6-4-3-5-7-19)27(33)30-17-20-8-10-23(29)11-9-20/h3-11,15-16,24H,12-14,17-18H2,1-2H3,(H,30,33)(H,31,34)/t24-/m0/s1. The van der Waals surface area contributed by atoms with Gasteiger partial charge in [-0.1, -0.05) is 42.5 Å². The Morgan fingerprint density at radius 1 is 0.944 bits per heavy atom. The summed E-state index contributed by atoms with van der Waals surface area (Å²) in [5.41, 5.74) is 3.79. The number of benzene rings is 3. The van der Waals surface area contributed by atoms with Gasteiger partial charge in [0.25, 0.3) is 0 Å². The van der Waals surface area contributed by atoms with Gasteiger partial charge in [-0.15, -0.1) is 0 Å². The average Bonchev–Trinajstić information content (AvgIpc) is 2.91. The van der Waals surface area contributed by atoms with Crippen LogP contribution in [0, 0.1) is 5.82 Å². The zero-order valence-electron chi connectivity index (χ0n) is 20.4. The summed E-state index contributed by atoms with van der Waals surface area (Å²) in [6, 6.07) is 18.2. The van der Waals surface area contributed by atoms with Crippen molar-refractivity contribution in [1.29, 1.82) is 0 Å². The fourth-order valence-corrected chi connectivity index (χ4v) is 4.27. The number of nitrogens with zero attached hydrogens (tertiary/aromatic N) is 1. The van der Waals surface area contributed by atoms with Crippen molar-refractivity contribution in [1.82, 2.24) is 15.5 Å². The number of ether oxygens (including phenoxy) is 2. The number of carbonyl (C=O) groups excluding carboxylic acids is 2. The largest absolute Gasteiger partial charge is 0.493 e. The fraction of sp³-hybridized carbons (Fsp3) is 0.286. The van der Waals surface area contributed by atoms with Crippen LogP contribution in [0.25, 0.3) is 0 Å². The number of hydrogen-bond acceptors (Lipinski definition) is 4. The van der Waals surface area contributed by atoms with Crippen LogP contribution in [-0.2, 0) is 30.7 Å². The Morgan fingerprint density at radius 2 is 1.61 bits per heavy atom. The summed E-state index contributed by atoms with van der Waals surface area (Å²) in [5.74, 6) is 0.634. The molecule has 0 saturated heterocycles. The Morgan fingerprint density at radius 3 is 2.28 bits per heavy atom. The highest BCUT2D eigenvalue weighted by Crippen LogP contribution is 2.33. The predicted molar refractivity (Wildman–Crippen MR) is 134 cm³/mol. The van der Waals surface area contributed by atoms with E-state index in [0.717, 1.165) is 22.3 Å². The summed E-state index contributed by atoms with van der Waals surface area (Å²) < 4.78 is 24.0. The quantitative estimate of drug-likeness (QED) is 0.502. The van der Waals surface area contributed by atoms with Gasteiger partial charge < -0.3 is 25.0 Å². The molecule has 0 saturated carbocycles. The fourth-order valence-electron chi connectivity index (χ4n) is 4.27. The van der Waals surface area contributed by atoms with Gasteiger partial charge in [0.15, 0.2) is 11.5 Å². The Hall–Kier alpha value is -4.07. The van der Waals surface area contributed by atoms with Crippen molar-refractivity contribution in [2.75, 3.05) is 20.8 Å². The monoisotopic (exact) mass is 491 g/mol. The second-order valence-electron chi connectivity index (χ2n) is 8.68. The molecule has 0 unspecified atom stereocenters. The number of fused-ring (bicyclic) bond motifs is 1. The lowest BCUT2D eigenvalue weighted by atomic mass is 9.99. The van der Waals surface area contributed by atoms with Crippen molar-refractivity contribution in [3.63, 3.8) is 0 Å². The number of methoxy groups -OCH3 is 2. The zero-order valence-corrected chi connectivity index (χ0v) is 20.4. The maximum absolute atomic E-state index is 13.2. The molecule has 7 nitrogen and oxygen atoms in total. The van der Waals surface area contributed by atoms with Gasteiger partial charge in [-0.25, -0.2) is 9.18 Å². The number of rotatable bonds is 8. The Bertz CT molecular complexity index is 1200. The van der Waals surface area contributed by atoms with Gasteiger partial charge in [-0.05, 0) is 52.9 Å². The van der Waals surface area contributed by atoms with Crippen LogP contribution in [0.15, 0.2) is 66.7 Å². The van der Waals surface area contributed by atoms with E-state index in [0.29, 0.717) is 37.4 Å². The molecule has 1 atom stereocenters. The number of hydrogen-bond donors (Lipinski definition) is 2. The average molecular weight is 492 g/mol. The van der Waals surface area contributed by atoms with Gasteiger partial charge in [0.1, 0.15) is 11.9 Å². The van der Waals surface area contributed by atoms with Crippen LogP contribution in [0.4, 0.5) is 9.18 Å².